The van der Waals surface area contributed by atoms with Crippen LogP contribution in [0.4, 0.5) is 0 Å². The molecule has 1 amide bonds. The van der Waals surface area contributed by atoms with E-state index >= 15 is 0 Å². The number of hydrogen-bond acceptors (Lipinski definition) is 5. The van der Waals surface area contributed by atoms with Crippen molar-refractivity contribution in [1.29, 1.82) is 0 Å². The van der Waals surface area contributed by atoms with Crippen LogP contribution in [0.15, 0.2) is 4.52 Å². The standard InChI is InChI=1S/C13H21N3O3/c1-10-14-11(19-15-10)5-6-12(17)16(2)9-13(18)7-3-4-8-13/h18H,3-9H2,1-2H3. The van der Waals surface area contributed by atoms with Crippen molar-refractivity contribution in [3.8, 4) is 0 Å². The molecule has 0 aromatic carbocycles. The molecule has 1 fully saturated rings. The molecule has 0 unspecified atom stereocenters. The lowest BCUT2D eigenvalue weighted by Crippen LogP contribution is -2.42. The van der Waals surface area contributed by atoms with E-state index in [2.05, 4.69) is 10.1 Å². The summed E-state index contributed by atoms with van der Waals surface area (Å²) in [5.41, 5.74) is -0.689. The largest absolute Gasteiger partial charge is 0.388 e. The van der Waals surface area contributed by atoms with E-state index in [4.69, 9.17) is 4.52 Å². The molecule has 1 aromatic rings. The number of likely N-dealkylation sites (N-methyl/N-ethyl adjacent to an activating group) is 1. The van der Waals surface area contributed by atoms with E-state index in [1.807, 2.05) is 0 Å². The summed E-state index contributed by atoms with van der Waals surface area (Å²) in [6.45, 7) is 2.16. The van der Waals surface area contributed by atoms with E-state index < -0.39 is 5.60 Å². The predicted octanol–water partition coefficient (Wildman–Crippen LogP) is 1.07. The van der Waals surface area contributed by atoms with Gasteiger partial charge in [0.05, 0.1) is 5.60 Å². The highest BCUT2D eigenvalue weighted by atomic mass is 16.5. The Balaban J connectivity index is 1.79. The first-order chi connectivity index (χ1) is 8.98. The van der Waals surface area contributed by atoms with Crippen molar-refractivity contribution in [2.45, 2.75) is 51.0 Å². The van der Waals surface area contributed by atoms with Crippen molar-refractivity contribution in [3.63, 3.8) is 0 Å². The van der Waals surface area contributed by atoms with Gasteiger partial charge in [0, 0.05) is 26.4 Å². The maximum atomic E-state index is 12.0. The molecule has 0 saturated heterocycles. The molecular formula is C13H21N3O3. The molecule has 0 radical (unpaired) electrons. The molecule has 6 nitrogen and oxygen atoms in total. The lowest BCUT2D eigenvalue weighted by atomic mass is 10.0. The Bertz CT molecular complexity index is 438. The number of aromatic nitrogens is 2. The zero-order valence-corrected chi connectivity index (χ0v) is 11.6. The molecule has 2 rings (SSSR count). The second-order valence-corrected chi connectivity index (χ2v) is 5.42. The Morgan fingerprint density at radius 2 is 2.16 bits per heavy atom. The Morgan fingerprint density at radius 3 is 2.74 bits per heavy atom. The van der Waals surface area contributed by atoms with Gasteiger partial charge in [-0.25, -0.2) is 0 Å². The van der Waals surface area contributed by atoms with Gasteiger partial charge in [-0.3, -0.25) is 4.79 Å². The minimum absolute atomic E-state index is 0.00354. The van der Waals surface area contributed by atoms with Gasteiger partial charge < -0.3 is 14.5 Å². The summed E-state index contributed by atoms with van der Waals surface area (Å²) in [5, 5.41) is 13.9. The quantitative estimate of drug-likeness (QED) is 0.863. The summed E-state index contributed by atoms with van der Waals surface area (Å²) in [5.74, 6) is 1.06. The summed E-state index contributed by atoms with van der Waals surface area (Å²) in [6, 6.07) is 0. The molecule has 1 N–H and O–H groups in total. The van der Waals surface area contributed by atoms with Crippen LogP contribution >= 0.6 is 0 Å². The Labute approximate surface area is 112 Å². The second-order valence-electron chi connectivity index (χ2n) is 5.42. The van der Waals surface area contributed by atoms with Gasteiger partial charge in [0.15, 0.2) is 5.82 Å². The molecule has 0 spiro atoms. The van der Waals surface area contributed by atoms with Gasteiger partial charge >= 0.3 is 0 Å². The van der Waals surface area contributed by atoms with Crippen molar-refractivity contribution in [3.05, 3.63) is 11.7 Å². The smallest absolute Gasteiger partial charge is 0.227 e. The number of aryl methyl sites for hydroxylation is 2. The third-order valence-corrected chi connectivity index (χ3v) is 3.61. The van der Waals surface area contributed by atoms with Gasteiger partial charge in [0.2, 0.25) is 11.8 Å². The first-order valence-corrected chi connectivity index (χ1v) is 6.74. The van der Waals surface area contributed by atoms with Crippen LogP contribution in [0, 0.1) is 6.92 Å². The average molecular weight is 267 g/mol. The molecule has 19 heavy (non-hydrogen) atoms. The van der Waals surface area contributed by atoms with E-state index in [0.29, 0.717) is 31.1 Å². The minimum atomic E-state index is -0.689. The highest BCUT2D eigenvalue weighted by Gasteiger charge is 2.33. The van der Waals surface area contributed by atoms with Crippen molar-refractivity contribution in [2.75, 3.05) is 13.6 Å². The topological polar surface area (TPSA) is 79.5 Å². The number of aliphatic hydroxyl groups is 1. The van der Waals surface area contributed by atoms with Crippen LogP contribution in [0.2, 0.25) is 0 Å². The lowest BCUT2D eigenvalue weighted by Gasteiger charge is -2.28. The lowest BCUT2D eigenvalue weighted by molar-refractivity contribution is -0.133. The molecule has 0 bridgehead atoms. The highest BCUT2D eigenvalue weighted by molar-refractivity contribution is 5.76. The van der Waals surface area contributed by atoms with Gasteiger partial charge in [0.25, 0.3) is 0 Å². The third-order valence-electron chi connectivity index (χ3n) is 3.61. The van der Waals surface area contributed by atoms with Crippen LogP contribution < -0.4 is 0 Å². The van der Waals surface area contributed by atoms with E-state index in [-0.39, 0.29) is 5.91 Å². The number of nitrogens with zero attached hydrogens (tertiary/aromatic N) is 3. The summed E-state index contributed by atoms with van der Waals surface area (Å²) < 4.78 is 4.97. The van der Waals surface area contributed by atoms with E-state index in [1.54, 1.807) is 18.9 Å². The Hall–Kier alpha value is -1.43. The molecule has 0 atom stereocenters. The zero-order chi connectivity index (χ0) is 13.9. The summed E-state index contributed by atoms with van der Waals surface area (Å²) in [6.07, 6.45) is 4.43. The summed E-state index contributed by atoms with van der Waals surface area (Å²) in [7, 11) is 1.73. The van der Waals surface area contributed by atoms with E-state index in [1.165, 1.54) is 0 Å². The van der Waals surface area contributed by atoms with Crippen molar-refractivity contribution in [1.82, 2.24) is 15.0 Å². The molecule has 0 aliphatic heterocycles. The van der Waals surface area contributed by atoms with Crippen LogP contribution in [0.3, 0.4) is 0 Å². The Morgan fingerprint density at radius 1 is 1.47 bits per heavy atom. The highest BCUT2D eigenvalue weighted by Crippen LogP contribution is 2.30. The number of amides is 1. The number of carbonyl (C=O) groups excluding carboxylic acids is 1. The molecule has 1 aromatic heterocycles. The number of rotatable bonds is 5. The van der Waals surface area contributed by atoms with Gasteiger partial charge in [-0.2, -0.15) is 4.98 Å². The van der Waals surface area contributed by atoms with Crippen LogP contribution in [0.25, 0.3) is 0 Å². The van der Waals surface area contributed by atoms with Crippen molar-refractivity contribution in [2.24, 2.45) is 0 Å². The van der Waals surface area contributed by atoms with Crippen LogP contribution in [0.5, 0.6) is 0 Å². The fourth-order valence-electron chi connectivity index (χ4n) is 2.57. The minimum Gasteiger partial charge on any atom is -0.388 e. The first-order valence-electron chi connectivity index (χ1n) is 6.74. The van der Waals surface area contributed by atoms with Gasteiger partial charge in [-0.1, -0.05) is 18.0 Å². The summed E-state index contributed by atoms with van der Waals surface area (Å²) in [4.78, 5) is 17.6. The molecule has 1 saturated carbocycles. The molecule has 106 valence electrons. The Kier molecular flexibility index (Phi) is 4.19. The maximum absolute atomic E-state index is 12.0. The fourth-order valence-corrected chi connectivity index (χ4v) is 2.57. The third kappa shape index (κ3) is 3.76. The van der Waals surface area contributed by atoms with Crippen LogP contribution in [-0.2, 0) is 11.2 Å². The van der Waals surface area contributed by atoms with Crippen LogP contribution in [-0.4, -0.2) is 45.2 Å². The zero-order valence-electron chi connectivity index (χ0n) is 11.6. The molecule has 1 aliphatic carbocycles. The monoisotopic (exact) mass is 267 g/mol. The molecule has 6 heteroatoms. The predicted molar refractivity (Wildman–Crippen MR) is 68.4 cm³/mol. The molecule has 1 aliphatic rings. The summed E-state index contributed by atoms with van der Waals surface area (Å²) >= 11 is 0. The van der Waals surface area contributed by atoms with Gasteiger partial charge in [0.1, 0.15) is 0 Å². The fraction of sp³-hybridized carbons (Fsp3) is 0.769. The maximum Gasteiger partial charge on any atom is 0.227 e. The number of carbonyl (C=O) groups is 1. The van der Waals surface area contributed by atoms with E-state index in [0.717, 1.165) is 25.7 Å². The van der Waals surface area contributed by atoms with E-state index in [9.17, 15) is 9.90 Å². The molecule has 1 heterocycles. The number of hydrogen-bond donors (Lipinski definition) is 1. The first kappa shape index (κ1) is 14.0. The SMILES string of the molecule is Cc1noc(CCC(=O)N(C)CC2(O)CCCC2)n1. The van der Waals surface area contributed by atoms with Gasteiger partial charge in [-0.15, -0.1) is 0 Å². The normalized spacial score (nSPS) is 17.6. The van der Waals surface area contributed by atoms with Crippen molar-refractivity contribution < 1.29 is 14.4 Å². The average Bonchev–Trinajstić information content (AvgIpc) is 2.95. The van der Waals surface area contributed by atoms with Gasteiger partial charge in [-0.05, 0) is 19.8 Å². The van der Waals surface area contributed by atoms with Crippen molar-refractivity contribution >= 4 is 5.91 Å². The van der Waals surface area contributed by atoms with Crippen LogP contribution in [0.1, 0.15) is 43.8 Å². The second kappa shape index (κ2) is 5.69. The molecular weight excluding hydrogens is 246 g/mol.